The zero-order valence-corrected chi connectivity index (χ0v) is 24.2. The normalized spacial score (nSPS) is 18.7. The highest BCUT2D eigenvalue weighted by atomic mass is 35.5. The van der Waals surface area contributed by atoms with Crippen molar-refractivity contribution in [2.75, 3.05) is 33.9 Å². The standard InChI is InChI=1S/C31H34ClFN2O6/c1-4-40-28(37)15-19-10-13-34(14-11-19)27(36)18-26-24-8-6-12-35(24)29-22(16-20(32)17-23(29)33)30(41-26)21-7-5-9-25(38-2)31(21)39-3/h5-9,12,16-17,19,26,30H,4,10-11,13-15,18H2,1-3H3/t26-,30-/m0/s1. The maximum Gasteiger partial charge on any atom is 0.306 e. The molecule has 3 heterocycles. The summed E-state index contributed by atoms with van der Waals surface area (Å²) in [6.07, 6.45) is 2.14. The van der Waals surface area contributed by atoms with Crippen LogP contribution >= 0.6 is 11.6 Å². The van der Waals surface area contributed by atoms with Crippen LogP contribution in [0.3, 0.4) is 0 Å². The first kappa shape index (κ1) is 29.0. The molecular weight excluding hydrogens is 551 g/mol. The van der Waals surface area contributed by atoms with Gasteiger partial charge < -0.3 is 28.4 Å². The minimum absolute atomic E-state index is 0.0542. The van der Waals surface area contributed by atoms with Gasteiger partial charge in [-0.25, -0.2) is 4.39 Å². The van der Waals surface area contributed by atoms with Gasteiger partial charge in [-0.15, -0.1) is 0 Å². The number of carbonyl (C=O) groups excluding carboxylic acids is 2. The number of fused-ring (bicyclic) bond motifs is 3. The van der Waals surface area contributed by atoms with Gasteiger partial charge in [-0.1, -0.05) is 23.7 Å². The van der Waals surface area contributed by atoms with Crippen LogP contribution in [-0.4, -0.2) is 55.3 Å². The maximum atomic E-state index is 15.6. The molecule has 0 aliphatic carbocycles. The molecule has 0 unspecified atom stereocenters. The SMILES string of the molecule is CCOC(=O)CC1CCN(C(=O)C[C@@H]2O[C@@H](c3cccc(OC)c3OC)c3cc(Cl)cc(F)c3-n3cccc32)CC1. The van der Waals surface area contributed by atoms with Crippen LogP contribution in [0.2, 0.25) is 5.02 Å². The van der Waals surface area contributed by atoms with Crippen molar-refractivity contribution >= 4 is 23.5 Å². The molecule has 2 atom stereocenters. The van der Waals surface area contributed by atoms with Crippen molar-refractivity contribution in [1.82, 2.24) is 9.47 Å². The smallest absolute Gasteiger partial charge is 0.306 e. The Balaban J connectivity index is 1.46. The van der Waals surface area contributed by atoms with Crippen molar-refractivity contribution in [3.63, 3.8) is 0 Å². The maximum absolute atomic E-state index is 15.6. The lowest BCUT2D eigenvalue weighted by molar-refractivity contribution is -0.144. The highest BCUT2D eigenvalue weighted by molar-refractivity contribution is 6.30. The van der Waals surface area contributed by atoms with E-state index in [9.17, 15) is 9.59 Å². The molecule has 0 spiro atoms. The number of para-hydroxylation sites is 1. The topological polar surface area (TPSA) is 79.2 Å². The highest BCUT2D eigenvalue weighted by Gasteiger charge is 2.36. The second-order valence-corrected chi connectivity index (χ2v) is 10.7. The lowest BCUT2D eigenvalue weighted by Gasteiger charge is -2.33. The van der Waals surface area contributed by atoms with Crippen molar-refractivity contribution in [1.29, 1.82) is 0 Å². The van der Waals surface area contributed by atoms with Crippen LogP contribution < -0.4 is 9.47 Å². The molecule has 2 aliphatic rings. The van der Waals surface area contributed by atoms with Gasteiger partial charge in [-0.05, 0) is 56.0 Å². The summed E-state index contributed by atoms with van der Waals surface area (Å²) in [5, 5.41) is 0.227. The monoisotopic (exact) mass is 584 g/mol. The van der Waals surface area contributed by atoms with Crippen LogP contribution in [0.1, 0.15) is 61.6 Å². The Labute approximate surface area is 243 Å². The summed E-state index contributed by atoms with van der Waals surface area (Å²) < 4.78 is 40.4. The highest BCUT2D eigenvalue weighted by Crippen LogP contribution is 2.47. The molecule has 2 aromatic carbocycles. The molecule has 1 aromatic heterocycles. The third-order valence-electron chi connectivity index (χ3n) is 7.80. The van der Waals surface area contributed by atoms with Gasteiger partial charge in [-0.2, -0.15) is 0 Å². The predicted octanol–water partition coefficient (Wildman–Crippen LogP) is 6.03. The molecule has 218 valence electrons. The van der Waals surface area contributed by atoms with Gasteiger partial charge in [0.15, 0.2) is 11.5 Å². The quantitative estimate of drug-likeness (QED) is 0.301. The summed E-state index contributed by atoms with van der Waals surface area (Å²) >= 11 is 6.35. The Morgan fingerprint density at radius 2 is 1.83 bits per heavy atom. The van der Waals surface area contributed by atoms with Gasteiger partial charge in [-0.3, -0.25) is 9.59 Å². The number of piperidine rings is 1. The second kappa shape index (κ2) is 12.5. The average Bonchev–Trinajstić information content (AvgIpc) is 3.39. The van der Waals surface area contributed by atoms with E-state index in [1.807, 2.05) is 23.1 Å². The summed E-state index contributed by atoms with van der Waals surface area (Å²) in [6.45, 7) is 3.26. The number of hydrogen-bond acceptors (Lipinski definition) is 6. The number of likely N-dealkylation sites (tertiary alicyclic amines) is 1. The summed E-state index contributed by atoms with van der Waals surface area (Å²) in [7, 11) is 3.08. The van der Waals surface area contributed by atoms with E-state index in [1.54, 1.807) is 43.0 Å². The summed E-state index contributed by atoms with van der Waals surface area (Å²) in [6, 6.07) is 12.0. The van der Waals surface area contributed by atoms with Crippen LogP contribution in [-0.2, 0) is 19.1 Å². The lowest BCUT2D eigenvalue weighted by atomic mass is 9.93. The average molecular weight is 585 g/mol. The van der Waals surface area contributed by atoms with E-state index in [0.29, 0.717) is 60.1 Å². The van der Waals surface area contributed by atoms with Gasteiger partial charge >= 0.3 is 5.97 Å². The largest absolute Gasteiger partial charge is 0.493 e. The Morgan fingerprint density at radius 3 is 2.54 bits per heavy atom. The van der Waals surface area contributed by atoms with Crippen LogP contribution in [0, 0.1) is 11.7 Å². The minimum atomic E-state index is -0.809. The molecule has 0 saturated carbocycles. The molecule has 0 N–H and O–H groups in total. The molecule has 1 amide bonds. The number of carbonyl (C=O) groups is 2. The van der Waals surface area contributed by atoms with Crippen LogP contribution in [0.25, 0.3) is 5.69 Å². The Morgan fingerprint density at radius 1 is 1.05 bits per heavy atom. The van der Waals surface area contributed by atoms with Crippen molar-refractivity contribution in [2.45, 2.75) is 44.8 Å². The summed E-state index contributed by atoms with van der Waals surface area (Å²) in [5.74, 6) is 0.369. The first-order valence-corrected chi connectivity index (χ1v) is 14.2. The third kappa shape index (κ3) is 5.92. The molecule has 0 bridgehead atoms. The van der Waals surface area contributed by atoms with Crippen LogP contribution in [0.5, 0.6) is 11.5 Å². The first-order valence-electron chi connectivity index (χ1n) is 13.8. The first-order chi connectivity index (χ1) is 19.8. The summed E-state index contributed by atoms with van der Waals surface area (Å²) in [5.41, 5.74) is 2.09. The molecule has 41 heavy (non-hydrogen) atoms. The van der Waals surface area contributed by atoms with E-state index in [2.05, 4.69) is 0 Å². The van der Waals surface area contributed by atoms with Gasteiger partial charge in [0.1, 0.15) is 18.0 Å². The van der Waals surface area contributed by atoms with Gasteiger partial charge in [0.05, 0.1) is 38.6 Å². The number of rotatable bonds is 8. The number of ether oxygens (including phenoxy) is 4. The number of halogens is 2. The van der Waals surface area contributed by atoms with E-state index < -0.39 is 18.0 Å². The Kier molecular flexibility index (Phi) is 8.85. The fourth-order valence-electron chi connectivity index (χ4n) is 5.85. The van der Waals surface area contributed by atoms with E-state index in [-0.39, 0.29) is 29.2 Å². The molecule has 5 rings (SSSR count). The lowest BCUT2D eigenvalue weighted by Crippen LogP contribution is -2.39. The molecule has 1 fully saturated rings. The number of hydrogen-bond donors (Lipinski definition) is 0. The zero-order chi connectivity index (χ0) is 29.1. The molecule has 0 radical (unpaired) electrons. The molecule has 10 heteroatoms. The van der Waals surface area contributed by atoms with Crippen LogP contribution in [0.15, 0.2) is 48.7 Å². The molecule has 1 saturated heterocycles. The van der Waals surface area contributed by atoms with Gasteiger partial charge in [0.25, 0.3) is 0 Å². The van der Waals surface area contributed by atoms with E-state index in [1.165, 1.54) is 13.2 Å². The fraction of sp³-hybridized carbons (Fsp3) is 0.419. The van der Waals surface area contributed by atoms with Crippen molar-refractivity contribution in [2.24, 2.45) is 5.92 Å². The Hall–Kier alpha value is -3.56. The van der Waals surface area contributed by atoms with Crippen molar-refractivity contribution < 1.29 is 32.9 Å². The number of benzene rings is 2. The number of nitrogens with zero attached hydrogens (tertiary/aromatic N) is 2. The number of aromatic nitrogens is 1. The third-order valence-corrected chi connectivity index (χ3v) is 8.01. The number of amides is 1. The fourth-order valence-corrected chi connectivity index (χ4v) is 6.06. The van der Waals surface area contributed by atoms with Crippen molar-refractivity contribution in [3.05, 3.63) is 76.3 Å². The number of esters is 1. The molecule has 3 aromatic rings. The predicted molar refractivity (Wildman–Crippen MR) is 151 cm³/mol. The summed E-state index contributed by atoms with van der Waals surface area (Å²) in [4.78, 5) is 27.3. The van der Waals surface area contributed by atoms with Crippen LogP contribution in [0.4, 0.5) is 4.39 Å². The zero-order valence-electron chi connectivity index (χ0n) is 23.4. The van der Waals surface area contributed by atoms with E-state index in [4.69, 9.17) is 30.5 Å². The molecule has 8 nitrogen and oxygen atoms in total. The van der Waals surface area contributed by atoms with Gasteiger partial charge in [0, 0.05) is 41.9 Å². The second-order valence-electron chi connectivity index (χ2n) is 10.3. The van der Waals surface area contributed by atoms with E-state index in [0.717, 1.165) is 12.8 Å². The van der Waals surface area contributed by atoms with E-state index >= 15 is 4.39 Å². The van der Waals surface area contributed by atoms with Crippen molar-refractivity contribution in [3.8, 4) is 17.2 Å². The van der Waals surface area contributed by atoms with Gasteiger partial charge in [0.2, 0.25) is 5.91 Å². The molecular formula is C31H34ClFN2O6. The number of methoxy groups -OCH3 is 2. The Bertz CT molecular complexity index is 1420. The minimum Gasteiger partial charge on any atom is -0.493 e. The molecule has 2 aliphatic heterocycles.